The molecule has 1 saturated heterocycles. The zero-order chi connectivity index (χ0) is 24.7. The molecule has 8 heteroatoms. The largest absolute Gasteiger partial charge is 0.459 e. The molecule has 0 N–H and O–H groups in total. The Balaban J connectivity index is 2.51. The predicted octanol–water partition coefficient (Wildman–Crippen LogP) is 5.64. The van der Waals surface area contributed by atoms with E-state index in [1.807, 2.05) is 11.0 Å². The first-order chi connectivity index (χ1) is 14.6. The topological polar surface area (TPSA) is 71.1 Å². The third-order valence-electron chi connectivity index (χ3n) is 7.89. The van der Waals surface area contributed by atoms with Crippen LogP contribution < -0.4 is 0 Å². The lowest BCUT2D eigenvalue weighted by Gasteiger charge is -2.61. The van der Waals surface area contributed by atoms with Gasteiger partial charge < -0.3 is 23.4 Å². The van der Waals surface area contributed by atoms with Crippen molar-refractivity contribution in [3.63, 3.8) is 0 Å². The number of carbonyl (C=O) groups is 2. The van der Waals surface area contributed by atoms with Gasteiger partial charge in [0.25, 0.3) is 0 Å². The summed E-state index contributed by atoms with van der Waals surface area (Å²) in [7, 11) is -0.604. The summed E-state index contributed by atoms with van der Waals surface area (Å²) in [6.45, 7) is 18.5. The first-order valence-electron chi connectivity index (χ1n) is 11.3. The van der Waals surface area contributed by atoms with Crippen LogP contribution in [-0.2, 0) is 28.2 Å². The van der Waals surface area contributed by atoms with Crippen LogP contribution in [0.25, 0.3) is 0 Å². The molecule has 6 nitrogen and oxygen atoms in total. The van der Waals surface area contributed by atoms with E-state index in [9.17, 15) is 9.59 Å². The number of methoxy groups -OCH3 is 1. The van der Waals surface area contributed by atoms with Gasteiger partial charge in [0.2, 0.25) is 0 Å². The molecule has 0 aromatic rings. The van der Waals surface area contributed by atoms with Crippen LogP contribution in [0.4, 0.5) is 0 Å². The highest BCUT2D eigenvalue weighted by Gasteiger charge is 2.75. The smallest absolute Gasteiger partial charge is 0.303 e. The van der Waals surface area contributed by atoms with Crippen molar-refractivity contribution in [3.05, 3.63) is 9.66 Å². The number of rotatable bonds is 9. The number of hydrogen-bond acceptors (Lipinski definition) is 6. The summed E-state index contributed by atoms with van der Waals surface area (Å²) < 4.78 is 26.9. The SMILES string of the molecule is CO[C@H]1O[C@]2([C@@H](C/C(C)=C/I)OC(C)=O)[C@@H](CC2(C)C)[C@@H]1[C@@H](C=O)O[Si](C)(C)C(C)(C)C. The molecule has 6 atom stereocenters. The normalized spacial score (nSPS) is 32.0. The highest BCUT2D eigenvalue weighted by molar-refractivity contribution is 14.1. The lowest BCUT2D eigenvalue weighted by molar-refractivity contribution is -0.279. The van der Waals surface area contributed by atoms with Crippen LogP contribution in [0.1, 0.15) is 61.3 Å². The van der Waals surface area contributed by atoms with Crippen molar-refractivity contribution in [1.29, 1.82) is 0 Å². The van der Waals surface area contributed by atoms with Crippen LogP contribution in [0.2, 0.25) is 18.1 Å². The molecule has 32 heavy (non-hydrogen) atoms. The molecule has 1 aliphatic heterocycles. The van der Waals surface area contributed by atoms with E-state index in [0.717, 1.165) is 18.3 Å². The predicted molar refractivity (Wildman–Crippen MR) is 136 cm³/mol. The van der Waals surface area contributed by atoms with Crippen molar-refractivity contribution >= 4 is 43.2 Å². The number of halogens is 1. The highest BCUT2D eigenvalue weighted by atomic mass is 127. The molecule has 1 saturated carbocycles. The van der Waals surface area contributed by atoms with Gasteiger partial charge in [-0.2, -0.15) is 0 Å². The van der Waals surface area contributed by atoms with E-state index in [2.05, 4.69) is 70.3 Å². The zero-order valence-electron chi connectivity index (χ0n) is 21.3. The van der Waals surface area contributed by atoms with Crippen LogP contribution in [0.5, 0.6) is 0 Å². The second-order valence-electron chi connectivity index (χ2n) is 11.5. The van der Waals surface area contributed by atoms with Gasteiger partial charge in [0.05, 0.1) is 0 Å². The third kappa shape index (κ3) is 4.90. The van der Waals surface area contributed by atoms with Crippen molar-refractivity contribution in [1.82, 2.24) is 0 Å². The van der Waals surface area contributed by atoms with Crippen molar-refractivity contribution in [3.8, 4) is 0 Å². The van der Waals surface area contributed by atoms with E-state index in [4.69, 9.17) is 18.6 Å². The van der Waals surface area contributed by atoms with Crippen molar-refractivity contribution in [2.45, 2.75) is 104 Å². The first kappa shape index (κ1) is 27.9. The summed E-state index contributed by atoms with van der Waals surface area (Å²) in [5.41, 5.74) is 0.112. The molecule has 0 unspecified atom stereocenters. The number of carbonyl (C=O) groups excluding carboxylic acids is 2. The van der Waals surface area contributed by atoms with E-state index in [0.29, 0.717) is 6.42 Å². The standard InChI is InChI=1S/C24H41IO6Si/c1-15(13-25)11-19(29-16(2)27)24-17(12-23(24,6)7)20(21(28-8)30-24)18(14-26)31-32(9,10)22(3,4)5/h13-14,17-21H,11-12H2,1-10H3/b15-13+/t17-,18+,19+,20+,21-,24-/m0/s1. The molecule has 184 valence electrons. The van der Waals surface area contributed by atoms with Crippen LogP contribution >= 0.6 is 22.6 Å². The lowest BCUT2D eigenvalue weighted by atomic mass is 9.47. The molecule has 0 aromatic heterocycles. The average Bonchev–Trinajstić information content (AvgIpc) is 2.94. The maximum Gasteiger partial charge on any atom is 0.303 e. The van der Waals surface area contributed by atoms with E-state index in [1.54, 1.807) is 7.11 Å². The molecule has 0 aromatic carbocycles. The second-order valence-corrected chi connectivity index (χ2v) is 16.9. The van der Waals surface area contributed by atoms with Crippen molar-refractivity contribution < 1.29 is 28.2 Å². The first-order valence-corrected chi connectivity index (χ1v) is 15.5. The van der Waals surface area contributed by atoms with Crippen molar-refractivity contribution in [2.24, 2.45) is 17.3 Å². The maximum atomic E-state index is 12.4. The van der Waals surface area contributed by atoms with Crippen LogP contribution in [0, 0.1) is 17.3 Å². The fraction of sp³-hybridized carbons (Fsp3) is 0.833. The maximum absolute atomic E-state index is 12.4. The molecule has 2 rings (SSSR count). The van der Waals surface area contributed by atoms with Crippen LogP contribution in [0.3, 0.4) is 0 Å². The van der Waals surface area contributed by atoms with Gasteiger partial charge in [-0.05, 0) is 41.0 Å². The minimum absolute atomic E-state index is 0.0196. The number of ether oxygens (including phenoxy) is 3. The number of fused-ring (bicyclic) bond motifs is 1. The Bertz CT molecular complexity index is 743. The number of esters is 1. The lowest BCUT2D eigenvalue weighted by Crippen LogP contribution is -2.68. The molecule has 2 aliphatic rings. The Morgan fingerprint density at radius 2 is 1.88 bits per heavy atom. The summed E-state index contributed by atoms with van der Waals surface area (Å²) in [6, 6.07) is 0. The minimum Gasteiger partial charge on any atom is -0.459 e. The molecule has 1 aliphatic carbocycles. The molecule has 0 bridgehead atoms. The molecule has 0 spiro atoms. The molecule has 2 fully saturated rings. The molecule has 1 heterocycles. The number of aldehydes is 1. The number of hydrogen-bond donors (Lipinski definition) is 0. The third-order valence-corrected chi connectivity index (χ3v) is 13.4. The zero-order valence-corrected chi connectivity index (χ0v) is 24.4. The Kier molecular flexibility index (Phi) is 8.52. The second kappa shape index (κ2) is 9.75. The fourth-order valence-corrected chi connectivity index (χ4v) is 6.73. The van der Waals surface area contributed by atoms with Crippen LogP contribution in [0.15, 0.2) is 9.66 Å². The summed E-state index contributed by atoms with van der Waals surface area (Å²) in [5, 5.41) is -0.0330. The van der Waals surface area contributed by atoms with Gasteiger partial charge in [0.15, 0.2) is 14.6 Å². The average molecular weight is 581 g/mol. The summed E-state index contributed by atoms with van der Waals surface area (Å²) >= 11 is 2.21. The van der Waals surface area contributed by atoms with Gasteiger partial charge in [-0.15, -0.1) is 0 Å². The van der Waals surface area contributed by atoms with Gasteiger partial charge in [0.1, 0.15) is 24.1 Å². The Hall–Kier alpha value is -0.293. The Morgan fingerprint density at radius 3 is 2.28 bits per heavy atom. The Labute approximate surface area is 208 Å². The summed E-state index contributed by atoms with van der Waals surface area (Å²) in [4.78, 5) is 24.4. The minimum atomic E-state index is -2.21. The molecule has 0 radical (unpaired) electrons. The van der Waals surface area contributed by atoms with Gasteiger partial charge in [-0.25, -0.2) is 0 Å². The van der Waals surface area contributed by atoms with Gasteiger partial charge in [0, 0.05) is 32.3 Å². The van der Waals surface area contributed by atoms with E-state index >= 15 is 0 Å². The fourth-order valence-electron chi connectivity index (χ4n) is 5.23. The monoisotopic (exact) mass is 580 g/mol. The quantitative estimate of drug-likeness (QED) is 0.152. The molecular weight excluding hydrogens is 539 g/mol. The van der Waals surface area contributed by atoms with Crippen molar-refractivity contribution in [2.75, 3.05) is 7.11 Å². The molecule has 0 amide bonds. The summed E-state index contributed by atoms with van der Waals surface area (Å²) in [6.07, 6.45) is 0.612. The van der Waals surface area contributed by atoms with Gasteiger partial charge >= 0.3 is 5.97 Å². The molecular formula is C24H41IO6Si. The van der Waals surface area contributed by atoms with E-state index in [1.165, 1.54) is 6.92 Å². The van der Waals surface area contributed by atoms with E-state index < -0.39 is 32.4 Å². The van der Waals surface area contributed by atoms with Crippen LogP contribution in [-0.4, -0.2) is 51.8 Å². The highest BCUT2D eigenvalue weighted by Crippen LogP contribution is 2.67. The Morgan fingerprint density at radius 1 is 1.28 bits per heavy atom. The van der Waals surface area contributed by atoms with Gasteiger partial charge in [-0.3, -0.25) is 4.79 Å². The summed E-state index contributed by atoms with van der Waals surface area (Å²) in [5.74, 6) is -0.618. The van der Waals surface area contributed by atoms with E-state index in [-0.39, 0.29) is 28.3 Å². The van der Waals surface area contributed by atoms with Gasteiger partial charge in [-0.1, -0.05) is 62.8 Å².